The average Bonchev–Trinajstić information content (AvgIpc) is 2.92. The molecule has 1 aliphatic carbocycles. The molecule has 1 amide bonds. The number of carbonyl (C=O) groups is 2. The first kappa shape index (κ1) is 30.7. The van der Waals surface area contributed by atoms with Gasteiger partial charge in [-0.25, -0.2) is 9.98 Å². The van der Waals surface area contributed by atoms with Gasteiger partial charge in [0.15, 0.2) is 5.78 Å². The highest BCUT2D eigenvalue weighted by atomic mass is 35.5. The van der Waals surface area contributed by atoms with E-state index in [-0.39, 0.29) is 35.4 Å². The summed E-state index contributed by atoms with van der Waals surface area (Å²) < 4.78 is 0. The van der Waals surface area contributed by atoms with E-state index in [1.807, 2.05) is 6.07 Å². The smallest absolute Gasteiger partial charge is 0.253 e. The van der Waals surface area contributed by atoms with E-state index < -0.39 is 0 Å². The molecule has 6 heteroatoms. The second-order valence-electron chi connectivity index (χ2n) is 12.0. The molecule has 0 saturated heterocycles. The van der Waals surface area contributed by atoms with E-state index in [2.05, 4.69) is 52.5 Å². The molecule has 0 bridgehead atoms. The van der Waals surface area contributed by atoms with Crippen LogP contribution in [0.4, 0.5) is 0 Å². The molecule has 2 aromatic rings. The number of hydrogen-bond acceptors (Lipinski definition) is 3. The summed E-state index contributed by atoms with van der Waals surface area (Å²) in [5, 5.41) is 0.677. The maximum atomic E-state index is 14.1. The third kappa shape index (κ3) is 6.77. The minimum Gasteiger partial charge on any atom is -0.295 e. The van der Waals surface area contributed by atoms with Crippen molar-refractivity contribution in [3.05, 3.63) is 75.0 Å². The van der Waals surface area contributed by atoms with Gasteiger partial charge >= 0.3 is 0 Å². The molecule has 0 N–H and O–H groups in total. The van der Waals surface area contributed by atoms with Gasteiger partial charge < -0.3 is 0 Å². The summed E-state index contributed by atoms with van der Waals surface area (Å²) in [6, 6.07) is 8.18. The van der Waals surface area contributed by atoms with Crippen molar-refractivity contribution >= 4 is 40.6 Å². The van der Waals surface area contributed by atoms with Crippen LogP contribution in [0, 0.1) is 24.7 Å². The van der Waals surface area contributed by atoms with E-state index in [1.54, 1.807) is 0 Å². The van der Waals surface area contributed by atoms with Gasteiger partial charge in [0.05, 0.1) is 22.3 Å². The summed E-state index contributed by atoms with van der Waals surface area (Å²) in [5.41, 5.74) is 5.97. The van der Waals surface area contributed by atoms with Gasteiger partial charge in [-0.3, -0.25) is 9.59 Å². The number of halogens is 2. The first-order valence-electron chi connectivity index (χ1n) is 14.9. The number of nitrogens with zero attached hydrogens (tertiary/aromatic N) is 2. The molecule has 4 nitrogen and oxygen atoms in total. The molecule has 2 aliphatic rings. The number of aryl methyl sites for hydroxylation is 2. The number of rotatable bonds is 5. The normalized spacial score (nSPS) is 25.8. The van der Waals surface area contributed by atoms with E-state index in [4.69, 9.17) is 33.2 Å². The number of benzene rings is 1. The maximum Gasteiger partial charge on any atom is 0.253 e. The minimum absolute atomic E-state index is 0.0671. The van der Waals surface area contributed by atoms with Crippen LogP contribution >= 0.6 is 23.2 Å². The van der Waals surface area contributed by atoms with Crippen molar-refractivity contribution in [1.29, 1.82) is 0 Å². The summed E-state index contributed by atoms with van der Waals surface area (Å²) in [4.78, 5) is 36.2. The molecule has 1 aromatic carbocycles. The average molecular weight is 582 g/mol. The number of fused-ring (bicyclic) bond motifs is 1. The Morgan fingerprint density at radius 3 is 2.52 bits per heavy atom. The van der Waals surface area contributed by atoms with Gasteiger partial charge in [0.1, 0.15) is 5.15 Å². The molecule has 2 unspecified atom stereocenters. The zero-order chi connectivity index (χ0) is 29.0. The van der Waals surface area contributed by atoms with E-state index in [0.717, 1.165) is 73.0 Å². The van der Waals surface area contributed by atoms with Gasteiger partial charge in [-0.15, -0.1) is 0 Å². The molecular weight excluding hydrogens is 539 g/mol. The van der Waals surface area contributed by atoms with Gasteiger partial charge in [-0.1, -0.05) is 94.4 Å². The Balaban J connectivity index is 1.77. The third-order valence-electron chi connectivity index (χ3n) is 8.99. The van der Waals surface area contributed by atoms with Crippen molar-refractivity contribution in [2.75, 3.05) is 0 Å². The highest BCUT2D eigenvalue weighted by Crippen LogP contribution is 2.39. The second kappa shape index (κ2) is 13.6. The Hall–Kier alpha value is -2.30. The molecule has 4 rings (SSSR count). The van der Waals surface area contributed by atoms with E-state index in [0.29, 0.717) is 28.9 Å². The molecule has 2 heterocycles. The predicted molar refractivity (Wildman–Crippen MR) is 166 cm³/mol. The zero-order valence-electron chi connectivity index (χ0n) is 24.3. The van der Waals surface area contributed by atoms with Crippen molar-refractivity contribution in [2.24, 2.45) is 22.7 Å². The lowest BCUT2D eigenvalue weighted by Gasteiger charge is -2.31. The third-order valence-corrected chi connectivity index (χ3v) is 9.66. The summed E-state index contributed by atoms with van der Waals surface area (Å²) in [6.45, 7) is 12.4. The summed E-state index contributed by atoms with van der Waals surface area (Å²) in [6.07, 6.45) is 9.22. The monoisotopic (exact) mass is 580 g/mol. The Labute approximate surface area is 249 Å². The molecule has 0 radical (unpaired) electrons. The Bertz CT molecular complexity index is 1300. The number of allylic oxidation sites excluding steroid dienone is 1. The number of aliphatic imine (C=N–C) groups is 1. The maximum absolute atomic E-state index is 14.1. The first-order valence-corrected chi connectivity index (χ1v) is 15.6. The van der Waals surface area contributed by atoms with Gasteiger partial charge in [-0.2, -0.15) is 0 Å². The Morgan fingerprint density at radius 1 is 1.07 bits per heavy atom. The summed E-state index contributed by atoms with van der Waals surface area (Å²) in [7, 11) is 0. The molecule has 1 saturated carbocycles. The van der Waals surface area contributed by atoms with Crippen molar-refractivity contribution in [2.45, 2.75) is 97.3 Å². The molecule has 1 fully saturated rings. The topological polar surface area (TPSA) is 59.4 Å². The highest BCUT2D eigenvalue weighted by Gasteiger charge is 2.34. The van der Waals surface area contributed by atoms with E-state index >= 15 is 0 Å². The zero-order valence-corrected chi connectivity index (χ0v) is 25.8. The van der Waals surface area contributed by atoms with Crippen molar-refractivity contribution < 1.29 is 9.59 Å². The van der Waals surface area contributed by atoms with Crippen LogP contribution < -0.4 is 0 Å². The fourth-order valence-electron chi connectivity index (χ4n) is 6.74. The Kier molecular flexibility index (Phi) is 10.4. The van der Waals surface area contributed by atoms with Gasteiger partial charge in [-0.05, 0) is 79.7 Å². The van der Waals surface area contributed by atoms with Crippen molar-refractivity contribution in [1.82, 2.24) is 4.98 Å². The van der Waals surface area contributed by atoms with Gasteiger partial charge in [0, 0.05) is 17.4 Å². The lowest BCUT2D eigenvalue weighted by Crippen LogP contribution is -2.29. The van der Waals surface area contributed by atoms with Gasteiger partial charge in [0.25, 0.3) is 5.91 Å². The molecule has 40 heavy (non-hydrogen) atoms. The van der Waals surface area contributed by atoms with Crippen LogP contribution in [0.2, 0.25) is 10.2 Å². The van der Waals surface area contributed by atoms with Crippen molar-refractivity contribution in [3.8, 4) is 0 Å². The molecule has 214 valence electrons. The van der Waals surface area contributed by atoms with Crippen LogP contribution in [0.1, 0.15) is 112 Å². The van der Waals surface area contributed by atoms with Crippen LogP contribution in [0.3, 0.4) is 0 Å². The molecule has 0 spiro atoms. The van der Waals surface area contributed by atoms with E-state index in [9.17, 15) is 9.59 Å². The van der Waals surface area contributed by atoms with Crippen LogP contribution in [-0.2, 0) is 16.0 Å². The number of ketones is 1. The first-order chi connectivity index (χ1) is 19.1. The fourth-order valence-corrected chi connectivity index (χ4v) is 7.05. The van der Waals surface area contributed by atoms with Crippen LogP contribution in [0.25, 0.3) is 0 Å². The second-order valence-corrected chi connectivity index (χ2v) is 12.8. The standard InChI is InChI=1S/C34H42Cl2N2O2/c1-6-30(39)23-13-7-8-15-25(21(4)11-9-14-23)32-27-19-28(35)33(36)37-29(27)18-17-26(34(40)38-32)31-22(5)12-10-16-24(31)20(2)3/h6,10,12,16,19-21,23,25-26H,1,7-9,11,13-15,17-18H2,2-5H3/b38-32-/t21-,23+,25?,26?/m0/s1. The number of hydrogen-bond donors (Lipinski definition) is 0. The number of carbonyl (C=O) groups excluding carboxylic acids is 2. The number of amides is 1. The summed E-state index contributed by atoms with van der Waals surface area (Å²) >= 11 is 12.9. The molecule has 1 aliphatic heterocycles. The van der Waals surface area contributed by atoms with Crippen LogP contribution in [0.5, 0.6) is 0 Å². The van der Waals surface area contributed by atoms with Crippen LogP contribution in [0.15, 0.2) is 41.9 Å². The van der Waals surface area contributed by atoms with Crippen LogP contribution in [-0.4, -0.2) is 22.4 Å². The quantitative estimate of drug-likeness (QED) is 0.261. The van der Waals surface area contributed by atoms with Crippen molar-refractivity contribution in [3.63, 3.8) is 0 Å². The fraction of sp³-hybridized carbons (Fsp3) is 0.529. The molecular formula is C34H42Cl2N2O2. The molecule has 4 atom stereocenters. The molecule has 1 aromatic heterocycles. The summed E-state index contributed by atoms with van der Waals surface area (Å²) in [5.74, 6) is 0.488. The number of aromatic nitrogens is 1. The SMILES string of the molecule is C=CC(=O)[C@@H]1CCCCC(/C2=N/C(=O)C(c3c(C)cccc3C(C)C)CCc3nc(Cl)c(Cl)cc32)[C@@H](C)CCC1. The predicted octanol–water partition coefficient (Wildman–Crippen LogP) is 9.23. The van der Waals surface area contributed by atoms with Gasteiger partial charge in [0.2, 0.25) is 0 Å². The highest BCUT2D eigenvalue weighted by molar-refractivity contribution is 6.41. The Morgan fingerprint density at radius 2 is 1.80 bits per heavy atom. The lowest BCUT2D eigenvalue weighted by molar-refractivity contribution is -0.120. The number of pyridine rings is 1. The lowest BCUT2D eigenvalue weighted by atomic mass is 9.76. The van der Waals surface area contributed by atoms with E-state index in [1.165, 1.54) is 11.6 Å². The minimum atomic E-state index is -0.335. The largest absolute Gasteiger partial charge is 0.295 e.